The van der Waals surface area contributed by atoms with Gasteiger partial charge in [-0.1, -0.05) is 30.3 Å². The molecule has 3 aromatic rings. The van der Waals surface area contributed by atoms with Gasteiger partial charge in [-0.15, -0.1) is 0 Å². The summed E-state index contributed by atoms with van der Waals surface area (Å²) in [6, 6.07) is 19.0. The lowest BCUT2D eigenvalue weighted by Gasteiger charge is -2.02. The molecule has 0 saturated heterocycles. The first-order valence-electron chi connectivity index (χ1n) is 8.13. The Morgan fingerprint density at radius 2 is 1.74 bits per heavy atom. The molecule has 6 heteroatoms. The number of carbonyl (C=O) groups is 2. The SMILES string of the molecule is O=C1OC(c2ccccc2)=N/C1=C\c1ccc(OC(=O)c2ccco2)cc1. The van der Waals surface area contributed by atoms with Gasteiger partial charge in [-0.3, -0.25) is 0 Å². The standard InChI is InChI=1S/C21H13NO5/c23-20-17(22-19(27-20)15-5-2-1-3-6-15)13-14-8-10-16(11-9-14)26-21(24)18-7-4-12-25-18/h1-13H/b17-13-. The summed E-state index contributed by atoms with van der Waals surface area (Å²) in [5, 5.41) is 0. The van der Waals surface area contributed by atoms with Crippen LogP contribution in [0.2, 0.25) is 0 Å². The van der Waals surface area contributed by atoms with Crippen LogP contribution in [-0.4, -0.2) is 17.8 Å². The van der Waals surface area contributed by atoms with E-state index in [4.69, 9.17) is 13.9 Å². The van der Waals surface area contributed by atoms with E-state index >= 15 is 0 Å². The second-order valence-electron chi connectivity index (χ2n) is 5.64. The molecular formula is C21H13NO5. The molecule has 0 atom stereocenters. The van der Waals surface area contributed by atoms with Gasteiger partial charge in [0.25, 0.3) is 0 Å². The third kappa shape index (κ3) is 3.69. The average molecular weight is 359 g/mol. The Morgan fingerprint density at radius 1 is 0.963 bits per heavy atom. The molecule has 2 heterocycles. The summed E-state index contributed by atoms with van der Waals surface area (Å²) in [6.07, 6.45) is 3.01. The lowest BCUT2D eigenvalue weighted by Crippen LogP contribution is -2.06. The van der Waals surface area contributed by atoms with E-state index in [1.54, 1.807) is 36.4 Å². The summed E-state index contributed by atoms with van der Waals surface area (Å²) in [6.45, 7) is 0. The molecule has 1 aromatic heterocycles. The molecule has 0 N–H and O–H groups in total. The molecule has 132 valence electrons. The zero-order valence-corrected chi connectivity index (χ0v) is 14.0. The molecule has 27 heavy (non-hydrogen) atoms. The number of benzene rings is 2. The first-order chi connectivity index (χ1) is 13.2. The van der Waals surface area contributed by atoms with Crippen LogP contribution in [0.1, 0.15) is 21.7 Å². The first-order valence-corrected chi connectivity index (χ1v) is 8.13. The normalized spacial score (nSPS) is 14.7. The van der Waals surface area contributed by atoms with Gasteiger partial charge in [-0.05, 0) is 48.0 Å². The number of rotatable bonds is 4. The molecule has 0 aliphatic carbocycles. The van der Waals surface area contributed by atoms with E-state index in [-0.39, 0.29) is 17.4 Å². The summed E-state index contributed by atoms with van der Waals surface area (Å²) >= 11 is 0. The number of cyclic esters (lactones) is 1. The molecular weight excluding hydrogens is 346 g/mol. The van der Waals surface area contributed by atoms with Gasteiger partial charge >= 0.3 is 11.9 Å². The van der Waals surface area contributed by atoms with Crippen molar-refractivity contribution in [2.24, 2.45) is 4.99 Å². The van der Waals surface area contributed by atoms with Gasteiger partial charge in [-0.2, -0.15) is 0 Å². The van der Waals surface area contributed by atoms with E-state index in [2.05, 4.69) is 4.99 Å². The van der Waals surface area contributed by atoms with Gasteiger partial charge in [0, 0.05) is 5.56 Å². The summed E-state index contributed by atoms with van der Waals surface area (Å²) in [4.78, 5) is 28.1. The van der Waals surface area contributed by atoms with Crippen LogP contribution in [0.4, 0.5) is 0 Å². The van der Waals surface area contributed by atoms with Crippen LogP contribution in [0.15, 0.2) is 88.1 Å². The van der Waals surface area contributed by atoms with Gasteiger partial charge in [0.1, 0.15) is 5.75 Å². The summed E-state index contributed by atoms with van der Waals surface area (Å²) in [5.74, 6) is -0.334. The van der Waals surface area contributed by atoms with Crippen molar-refractivity contribution in [3.8, 4) is 5.75 Å². The molecule has 1 aliphatic heterocycles. The van der Waals surface area contributed by atoms with Gasteiger partial charge < -0.3 is 13.9 Å². The average Bonchev–Trinajstić information content (AvgIpc) is 3.35. The van der Waals surface area contributed by atoms with Crippen molar-refractivity contribution < 1.29 is 23.5 Å². The molecule has 6 nitrogen and oxygen atoms in total. The van der Waals surface area contributed by atoms with Crippen molar-refractivity contribution in [1.82, 2.24) is 0 Å². The van der Waals surface area contributed by atoms with Gasteiger partial charge in [0.05, 0.1) is 6.26 Å². The topological polar surface area (TPSA) is 78.1 Å². The Bertz CT molecular complexity index is 1030. The van der Waals surface area contributed by atoms with Gasteiger partial charge in [-0.25, -0.2) is 14.6 Å². The highest BCUT2D eigenvalue weighted by atomic mass is 16.6. The number of ether oxygens (including phenoxy) is 2. The molecule has 1 aliphatic rings. The second-order valence-corrected chi connectivity index (χ2v) is 5.64. The fraction of sp³-hybridized carbons (Fsp3) is 0. The summed E-state index contributed by atoms with van der Waals surface area (Å²) in [5.41, 5.74) is 1.65. The summed E-state index contributed by atoms with van der Waals surface area (Å²) < 4.78 is 15.4. The lowest BCUT2D eigenvalue weighted by atomic mass is 10.2. The molecule has 0 unspecified atom stereocenters. The van der Waals surface area contributed by atoms with E-state index in [9.17, 15) is 9.59 Å². The van der Waals surface area contributed by atoms with Crippen LogP contribution < -0.4 is 4.74 Å². The second kappa shape index (κ2) is 7.13. The minimum atomic E-state index is -0.581. The quantitative estimate of drug-likeness (QED) is 0.402. The molecule has 0 spiro atoms. The maximum absolute atomic E-state index is 12.0. The van der Waals surface area contributed by atoms with Crippen LogP contribution in [-0.2, 0) is 9.53 Å². The smallest absolute Gasteiger partial charge is 0.379 e. The zero-order chi connectivity index (χ0) is 18.6. The molecule has 0 radical (unpaired) electrons. The minimum Gasteiger partial charge on any atom is -0.457 e. The third-order valence-corrected chi connectivity index (χ3v) is 3.76. The van der Waals surface area contributed by atoms with E-state index in [0.717, 1.165) is 11.1 Å². The number of carbonyl (C=O) groups excluding carboxylic acids is 2. The van der Waals surface area contributed by atoms with Gasteiger partial charge in [0.2, 0.25) is 11.7 Å². The molecule has 0 fully saturated rings. The van der Waals surface area contributed by atoms with Crippen molar-refractivity contribution in [2.75, 3.05) is 0 Å². The highest BCUT2D eigenvalue weighted by molar-refractivity contribution is 6.12. The molecule has 4 rings (SSSR count). The molecule has 0 bridgehead atoms. The highest BCUT2D eigenvalue weighted by Gasteiger charge is 2.23. The van der Waals surface area contributed by atoms with Crippen LogP contribution in [0.25, 0.3) is 6.08 Å². The Morgan fingerprint density at radius 3 is 2.44 bits per heavy atom. The minimum absolute atomic E-state index is 0.123. The monoisotopic (exact) mass is 359 g/mol. The van der Waals surface area contributed by atoms with Crippen molar-refractivity contribution >= 4 is 23.9 Å². The Kier molecular flexibility index (Phi) is 4.37. The predicted octanol–water partition coefficient (Wildman–Crippen LogP) is 3.84. The Balaban J connectivity index is 1.50. The van der Waals surface area contributed by atoms with Crippen molar-refractivity contribution in [1.29, 1.82) is 0 Å². The van der Waals surface area contributed by atoms with E-state index in [1.165, 1.54) is 12.3 Å². The first kappa shape index (κ1) is 16.5. The Labute approximate surface area is 154 Å². The van der Waals surface area contributed by atoms with Crippen LogP contribution in [0, 0.1) is 0 Å². The fourth-order valence-corrected chi connectivity index (χ4v) is 2.46. The number of hydrogen-bond acceptors (Lipinski definition) is 6. The van der Waals surface area contributed by atoms with Crippen molar-refractivity contribution in [2.45, 2.75) is 0 Å². The molecule has 0 saturated carbocycles. The predicted molar refractivity (Wildman–Crippen MR) is 97.2 cm³/mol. The Hall–Kier alpha value is -3.93. The van der Waals surface area contributed by atoms with Crippen molar-refractivity contribution in [3.05, 3.63) is 95.6 Å². The van der Waals surface area contributed by atoms with Crippen LogP contribution >= 0.6 is 0 Å². The number of nitrogens with zero attached hydrogens (tertiary/aromatic N) is 1. The largest absolute Gasteiger partial charge is 0.457 e. The summed E-state index contributed by atoms with van der Waals surface area (Å²) in [7, 11) is 0. The maximum Gasteiger partial charge on any atom is 0.379 e. The maximum atomic E-state index is 12.0. The fourth-order valence-electron chi connectivity index (χ4n) is 2.46. The highest BCUT2D eigenvalue weighted by Crippen LogP contribution is 2.21. The number of hydrogen-bond donors (Lipinski definition) is 0. The van der Waals surface area contributed by atoms with E-state index in [0.29, 0.717) is 5.75 Å². The number of esters is 2. The van der Waals surface area contributed by atoms with Crippen molar-refractivity contribution in [3.63, 3.8) is 0 Å². The van der Waals surface area contributed by atoms with E-state index < -0.39 is 11.9 Å². The third-order valence-electron chi connectivity index (χ3n) is 3.76. The van der Waals surface area contributed by atoms with Crippen LogP contribution in [0.3, 0.4) is 0 Å². The zero-order valence-electron chi connectivity index (χ0n) is 14.0. The molecule has 2 aromatic carbocycles. The van der Waals surface area contributed by atoms with E-state index in [1.807, 2.05) is 30.3 Å². The molecule has 0 amide bonds. The number of furan rings is 1. The lowest BCUT2D eigenvalue weighted by molar-refractivity contribution is -0.129. The van der Waals surface area contributed by atoms with Gasteiger partial charge in [0.15, 0.2) is 5.70 Å². The number of aliphatic imine (C=N–C) groups is 1. The van der Waals surface area contributed by atoms with Crippen LogP contribution in [0.5, 0.6) is 5.75 Å².